The summed E-state index contributed by atoms with van der Waals surface area (Å²) < 4.78 is 11.5. The van der Waals surface area contributed by atoms with Crippen LogP contribution < -0.4 is 14.8 Å². The third-order valence-electron chi connectivity index (χ3n) is 4.85. The fourth-order valence-electron chi connectivity index (χ4n) is 3.29. The number of nitrogens with zero attached hydrogens (tertiary/aromatic N) is 2. The van der Waals surface area contributed by atoms with E-state index in [0.29, 0.717) is 23.5 Å². The van der Waals surface area contributed by atoms with Gasteiger partial charge in [-0.1, -0.05) is 12.2 Å². The number of imide groups is 1. The summed E-state index contributed by atoms with van der Waals surface area (Å²) in [7, 11) is 1.50. The monoisotopic (exact) mass is 449 g/mol. The molecule has 0 aliphatic carbocycles. The minimum atomic E-state index is -0.507. The molecule has 2 aromatic rings. The van der Waals surface area contributed by atoms with Crippen LogP contribution in [0.15, 0.2) is 67.4 Å². The van der Waals surface area contributed by atoms with Gasteiger partial charge in [-0.05, 0) is 47.9 Å². The molecule has 9 nitrogen and oxygen atoms in total. The highest BCUT2D eigenvalue weighted by Crippen LogP contribution is 2.35. The lowest BCUT2D eigenvalue weighted by atomic mass is 10.0. The van der Waals surface area contributed by atoms with Crippen molar-refractivity contribution in [1.82, 2.24) is 10.2 Å². The predicted molar refractivity (Wildman–Crippen MR) is 123 cm³/mol. The van der Waals surface area contributed by atoms with Crippen LogP contribution in [-0.4, -0.2) is 35.4 Å². The number of allylic oxidation sites excluding steroid dienone is 1. The molecule has 170 valence electrons. The second-order valence-electron chi connectivity index (χ2n) is 7.11. The smallest absolute Gasteiger partial charge is 0.329 e. The largest absolute Gasteiger partial charge is 0.493 e. The molecule has 1 aliphatic heterocycles. The van der Waals surface area contributed by atoms with Crippen LogP contribution in [0.3, 0.4) is 0 Å². The number of nitrogens with one attached hydrogen (secondary N) is 1. The number of rotatable bonds is 10. The van der Waals surface area contributed by atoms with Crippen LogP contribution in [0.4, 0.5) is 10.5 Å². The SMILES string of the molecule is C=CCc1cc(/C=C2/NC(=O)N(CC=C)C2=O)cc(OC)c1OCc1ccc([N+](=O)[O-])cc1. The molecule has 1 fully saturated rings. The van der Waals surface area contributed by atoms with Gasteiger partial charge in [0.25, 0.3) is 11.6 Å². The van der Waals surface area contributed by atoms with E-state index in [1.54, 1.807) is 30.4 Å². The molecule has 1 aliphatic rings. The highest BCUT2D eigenvalue weighted by molar-refractivity contribution is 6.14. The van der Waals surface area contributed by atoms with E-state index >= 15 is 0 Å². The maximum Gasteiger partial charge on any atom is 0.329 e. The number of hydrogen-bond donors (Lipinski definition) is 1. The van der Waals surface area contributed by atoms with Crippen molar-refractivity contribution in [2.45, 2.75) is 13.0 Å². The molecule has 3 amide bonds. The van der Waals surface area contributed by atoms with Gasteiger partial charge in [0.2, 0.25) is 0 Å². The molecule has 1 saturated heterocycles. The Hall–Kier alpha value is -4.40. The van der Waals surface area contributed by atoms with Gasteiger partial charge in [0.05, 0.1) is 12.0 Å². The van der Waals surface area contributed by atoms with Gasteiger partial charge < -0.3 is 14.8 Å². The number of nitro benzene ring substituents is 1. The Balaban J connectivity index is 1.89. The average molecular weight is 449 g/mol. The first-order valence-corrected chi connectivity index (χ1v) is 10.0. The molecular weight excluding hydrogens is 426 g/mol. The van der Waals surface area contributed by atoms with Crippen LogP contribution in [0.2, 0.25) is 0 Å². The van der Waals surface area contributed by atoms with E-state index in [9.17, 15) is 19.7 Å². The molecule has 0 radical (unpaired) electrons. The van der Waals surface area contributed by atoms with Crippen LogP contribution in [0.5, 0.6) is 11.5 Å². The normalized spacial score (nSPS) is 14.2. The highest BCUT2D eigenvalue weighted by atomic mass is 16.6. The van der Waals surface area contributed by atoms with Crippen LogP contribution in [0.1, 0.15) is 16.7 Å². The number of non-ortho nitro benzene ring substituents is 1. The third kappa shape index (κ3) is 5.27. The molecule has 0 aromatic heterocycles. The maximum absolute atomic E-state index is 12.5. The lowest BCUT2D eigenvalue weighted by molar-refractivity contribution is -0.384. The van der Waals surface area contributed by atoms with E-state index in [-0.39, 0.29) is 24.5 Å². The van der Waals surface area contributed by atoms with Crippen molar-refractivity contribution in [3.05, 3.63) is 94.2 Å². The van der Waals surface area contributed by atoms with Gasteiger partial charge in [0.15, 0.2) is 11.5 Å². The quantitative estimate of drug-likeness (QED) is 0.193. The number of hydrogen-bond acceptors (Lipinski definition) is 6. The Kier molecular flexibility index (Phi) is 7.24. The number of carbonyl (C=O) groups is 2. The van der Waals surface area contributed by atoms with Crippen molar-refractivity contribution in [2.75, 3.05) is 13.7 Å². The number of amides is 3. The molecule has 0 atom stereocenters. The zero-order valence-electron chi connectivity index (χ0n) is 18.1. The third-order valence-corrected chi connectivity index (χ3v) is 4.85. The summed E-state index contributed by atoms with van der Waals surface area (Å²) in [6, 6.07) is 9.09. The molecule has 2 aromatic carbocycles. The predicted octanol–water partition coefficient (Wildman–Crippen LogP) is 3.99. The summed E-state index contributed by atoms with van der Waals surface area (Å²) >= 11 is 0. The van der Waals surface area contributed by atoms with Gasteiger partial charge in [-0.3, -0.25) is 19.8 Å². The Morgan fingerprint density at radius 1 is 1.15 bits per heavy atom. The lowest BCUT2D eigenvalue weighted by Crippen LogP contribution is -2.30. The summed E-state index contributed by atoms with van der Waals surface area (Å²) in [5, 5.41) is 13.4. The molecule has 9 heteroatoms. The zero-order chi connectivity index (χ0) is 24.0. The first-order valence-electron chi connectivity index (χ1n) is 10.0. The Morgan fingerprint density at radius 3 is 2.48 bits per heavy atom. The standard InChI is InChI=1S/C24H23N3O6/c1-4-6-18-12-17(13-20-23(28)26(11-5-2)24(29)25-20)14-21(32-3)22(18)33-15-16-7-9-19(10-8-16)27(30)31/h4-5,7-10,12-14H,1-2,6,11,15H2,3H3,(H,25,29)/b20-13+. The number of methoxy groups -OCH3 is 1. The van der Waals surface area contributed by atoms with Gasteiger partial charge in [-0.2, -0.15) is 0 Å². The van der Waals surface area contributed by atoms with Crippen molar-refractivity contribution in [1.29, 1.82) is 0 Å². The zero-order valence-corrected chi connectivity index (χ0v) is 18.1. The Bertz CT molecular complexity index is 1140. The minimum absolute atomic E-state index is 0.00118. The van der Waals surface area contributed by atoms with Crippen molar-refractivity contribution in [3.8, 4) is 11.5 Å². The molecule has 0 saturated carbocycles. The highest BCUT2D eigenvalue weighted by Gasteiger charge is 2.32. The summed E-state index contributed by atoms with van der Waals surface area (Å²) in [6.45, 7) is 7.62. The van der Waals surface area contributed by atoms with E-state index < -0.39 is 16.9 Å². The molecule has 0 bridgehead atoms. The number of nitro groups is 1. The van der Waals surface area contributed by atoms with Crippen molar-refractivity contribution >= 4 is 23.7 Å². The number of benzene rings is 2. The summed E-state index contributed by atoms with van der Waals surface area (Å²) in [5.41, 5.74) is 2.29. The van der Waals surface area contributed by atoms with Gasteiger partial charge >= 0.3 is 6.03 Å². The van der Waals surface area contributed by atoms with E-state index in [0.717, 1.165) is 16.0 Å². The van der Waals surface area contributed by atoms with Crippen LogP contribution in [0, 0.1) is 10.1 Å². The van der Waals surface area contributed by atoms with Crippen molar-refractivity contribution in [2.24, 2.45) is 0 Å². The van der Waals surface area contributed by atoms with Crippen molar-refractivity contribution < 1.29 is 24.0 Å². The second-order valence-corrected chi connectivity index (χ2v) is 7.11. The fraction of sp³-hybridized carbons (Fsp3) is 0.167. The van der Waals surface area contributed by atoms with Crippen LogP contribution in [-0.2, 0) is 17.8 Å². The first-order chi connectivity index (χ1) is 15.9. The van der Waals surface area contributed by atoms with E-state index in [4.69, 9.17) is 9.47 Å². The first kappa shape index (κ1) is 23.3. The summed E-state index contributed by atoms with van der Waals surface area (Å²) in [5.74, 6) is 0.485. The van der Waals surface area contributed by atoms with E-state index in [2.05, 4.69) is 18.5 Å². The average Bonchev–Trinajstić information content (AvgIpc) is 3.06. The Morgan fingerprint density at radius 2 is 1.88 bits per heavy atom. The molecule has 33 heavy (non-hydrogen) atoms. The molecule has 0 spiro atoms. The van der Waals surface area contributed by atoms with Crippen molar-refractivity contribution in [3.63, 3.8) is 0 Å². The maximum atomic E-state index is 12.5. The van der Waals surface area contributed by atoms with Crippen LogP contribution >= 0.6 is 0 Å². The molecule has 1 heterocycles. The fourth-order valence-corrected chi connectivity index (χ4v) is 3.29. The minimum Gasteiger partial charge on any atom is -0.493 e. The molecule has 0 unspecified atom stereocenters. The lowest BCUT2D eigenvalue weighted by Gasteiger charge is -2.16. The number of carbonyl (C=O) groups excluding carboxylic acids is 2. The Labute approximate surface area is 190 Å². The van der Waals surface area contributed by atoms with Gasteiger partial charge in [0, 0.05) is 24.2 Å². The second kappa shape index (κ2) is 10.3. The van der Waals surface area contributed by atoms with Gasteiger partial charge in [-0.15, -0.1) is 13.2 Å². The van der Waals surface area contributed by atoms with Gasteiger partial charge in [0.1, 0.15) is 12.3 Å². The summed E-state index contributed by atoms with van der Waals surface area (Å²) in [6.07, 6.45) is 5.21. The van der Waals surface area contributed by atoms with E-state index in [1.165, 1.54) is 25.3 Å². The topological polar surface area (TPSA) is 111 Å². The molecule has 3 rings (SSSR count). The van der Waals surface area contributed by atoms with E-state index in [1.807, 2.05) is 6.07 Å². The number of urea groups is 1. The van der Waals surface area contributed by atoms with Crippen LogP contribution in [0.25, 0.3) is 6.08 Å². The molecule has 1 N–H and O–H groups in total. The summed E-state index contributed by atoms with van der Waals surface area (Å²) in [4.78, 5) is 35.9. The number of ether oxygens (including phenoxy) is 2. The molecular formula is C24H23N3O6. The van der Waals surface area contributed by atoms with Gasteiger partial charge in [-0.25, -0.2) is 4.79 Å².